The number of carbonyl (C=O) groups excluding carboxylic acids is 1. The van der Waals surface area contributed by atoms with Crippen molar-refractivity contribution in [3.05, 3.63) is 41.3 Å². The molecule has 0 radical (unpaired) electrons. The Morgan fingerprint density at radius 2 is 2.32 bits per heavy atom. The third-order valence-electron chi connectivity index (χ3n) is 4.31. The SMILES string of the molecule is COCc1c(C(=O)N2CCOC[C@H]2CCc2cnccn2)noc1C. The summed E-state index contributed by atoms with van der Waals surface area (Å²) >= 11 is 0. The van der Waals surface area contributed by atoms with Gasteiger partial charge in [0.25, 0.3) is 5.91 Å². The summed E-state index contributed by atoms with van der Waals surface area (Å²) in [6.45, 7) is 3.63. The van der Waals surface area contributed by atoms with Crippen LogP contribution in [0.15, 0.2) is 23.1 Å². The Kier molecular flexibility index (Phi) is 5.72. The van der Waals surface area contributed by atoms with Crippen LogP contribution >= 0.6 is 0 Å². The maximum Gasteiger partial charge on any atom is 0.276 e. The van der Waals surface area contributed by atoms with Crippen molar-refractivity contribution in [2.24, 2.45) is 0 Å². The summed E-state index contributed by atoms with van der Waals surface area (Å²) in [6, 6.07) is -0.0318. The lowest BCUT2D eigenvalue weighted by molar-refractivity contribution is -0.00476. The van der Waals surface area contributed by atoms with E-state index in [0.717, 1.165) is 18.5 Å². The molecule has 1 fully saturated rings. The average molecular weight is 346 g/mol. The van der Waals surface area contributed by atoms with Gasteiger partial charge in [-0.15, -0.1) is 0 Å². The van der Waals surface area contributed by atoms with Crippen LogP contribution < -0.4 is 0 Å². The molecule has 1 aliphatic heterocycles. The molecule has 1 saturated heterocycles. The van der Waals surface area contributed by atoms with E-state index in [2.05, 4.69) is 15.1 Å². The lowest BCUT2D eigenvalue weighted by Crippen LogP contribution is -2.49. The Hall–Kier alpha value is -2.32. The smallest absolute Gasteiger partial charge is 0.276 e. The number of hydrogen-bond acceptors (Lipinski definition) is 7. The van der Waals surface area contributed by atoms with Gasteiger partial charge < -0.3 is 18.9 Å². The van der Waals surface area contributed by atoms with E-state index in [1.807, 2.05) is 4.90 Å². The number of amides is 1. The number of nitrogens with zero attached hydrogens (tertiary/aromatic N) is 4. The van der Waals surface area contributed by atoms with E-state index in [9.17, 15) is 4.79 Å². The van der Waals surface area contributed by atoms with Crippen LogP contribution in [0.3, 0.4) is 0 Å². The highest BCUT2D eigenvalue weighted by Crippen LogP contribution is 2.21. The van der Waals surface area contributed by atoms with Crippen molar-refractivity contribution in [3.8, 4) is 0 Å². The lowest BCUT2D eigenvalue weighted by Gasteiger charge is -2.35. The number of aromatic nitrogens is 3. The highest BCUT2D eigenvalue weighted by molar-refractivity contribution is 5.94. The van der Waals surface area contributed by atoms with Gasteiger partial charge >= 0.3 is 0 Å². The van der Waals surface area contributed by atoms with Crippen LogP contribution in [-0.2, 0) is 22.5 Å². The number of ether oxygens (including phenoxy) is 2. The Labute approximate surface area is 146 Å². The molecule has 1 aliphatic rings. The quantitative estimate of drug-likeness (QED) is 0.780. The average Bonchev–Trinajstić information content (AvgIpc) is 3.01. The van der Waals surface area contributed by atoms with E-state index in [1.165, 1.54) is 0 Å². The minimum absolute atomic E-state index is 0.0318. The molecular weight excluding hydrogens is 324 g/mol. The monoisotopic (exact) mass is 346 g/mol. The van der Waals surface area contributed by atoms with E-state index in [-0.39, 0.29) is 11.9 Å². The number of aryl methyl sites for hydroxylation is 2. The summed E-state index contributed by atoms with van der Waals surface area (Å²) in [5.74, 6) is 0.464. The van der Waals surface area contributed by atoms with Gasteiger partial charge in [0.15, 0.2) is 5.69 Å². The molecule has 3 heterocycles. The first-order chi connectivity index (χ1) is 12.2. The molecule has 0 aliphatic carbocycles. The molecule has 0 N–H and O–H groups in total. The topological polar surface area (TPSA) is 90.6 Å². The van der Waals surface area contributed by atoms with Gasteiger partial charge in [0.2, 0.25) is 0 Å². The second-order valence-electron chi connectivity index (χ2n) is 5.96. The molecule has 8 nitrogen and oxygen atoms in total. The maximum atomic E-state index is 13.0. The molecule has 0 spiro atoms. The highest BCUT2D eigenvalue weighted by Gasteiger charge is 2.31. The van der Waals surface area contributed by atoms with Crippen molar-refractivity contribution in [2.45, 2.75) is 32.4 Å². The molecule has 3 rings (SSSR count). The Balaban J connectivity index is 1.73. The van der Waals surface area contributed by atoms with Gasteiger partial charge in [0.05, 0.1) is 37.1 Å². The largest absolute Gasteiger partial charge is 0.380 e. The van der Waals surface area contributed by atoms with Crippen molar-refractivity contribution in [1.82, 2.24) is 20.0 Å². The van der Waals surface area contributed by atoms with Crippen LogP contribution in [0.2, 0.25) is 0 Å². The Morgan fingerprint density at radius 3 is 3.08 bits per heavy atom. The summed E-state index contributed by atoms with van der Waals surface area (Å²) in [7, 11) is 1.58. The van der Waals surface area contributed by atoms with E-state index in [1.54, 1.807) is 32.6 Å². The van der Waals surface area contributed by atoms with Crippen molar-refractivity contribution in [2.75, 3.05) is 26.9 Å². The van der Waals surface area contributed by atoms with Crippen LogP contribution in [-0.4, -0.2) is 58.8 Å². The van der Waals surface area contributed by atoms with Crippen LogP contribution in [0.1, 0.15) is 33.9 Å². The van der Waals surface area contributed by atoms with Gasteiger partial charge in [-0.2, -0.15) is 0 Å². The molecule has 134 valence electrons. The number of hydrogen-bond donors (Lipinski definition) is 0. The predicted molar refractivity (Wildman–Crippen MR) is 87.9 cm³/mol. The molecule has 8 heteroatoms. The van der Waals surface area contributed by atoms with Crippen molar-refractivity contribution >= 4 is 5.91 Å². The summed E-state index contributed by atoms with van der Waals surface area (Å²) in [5, 5.41) is 3.95. The molecule has 0 unspecified atom stereocenters. The van der Waals surface area contributed by atoms with Crippen molar-refractivity contribution in [1.29, 1.82) is 0 Å². The minimum atomic E-state index is -0.142. The van der Waals surface area contributed by atoms with Gasteiger partial charge in [0, 0.05) is 32.2 Å². The van der Waals surface area contributed by atoms with Crippen LogP contribution in [0, 0.1) is 6.92 Å². The molecule has 2 aromatic heterocycles. The third kappa shape index (κ3) is 4.02. The number of methoxy groups -OCH3 is 1. The summed E-state index contributed by atoms with van der Waals surface area (Å²) in [5.41, 5.74) is 1.93. The molecule has 2 aromatic rings. The van der Waals surface area contributed by atoms with Crippen LogP contribution in [0.5, 0.6) is 0 Å². The first-order valence-corrected chi connectivity index (χ1v) is 8.28. The summed E-state index contributed by atoms with van der Waals surface area (Å²) in [4.78, 5) is 23.2. The lowest BCUT2D eigenvalue weighted by atomic mass is 10.1. The van der Waals surface area contributed by atoms with Gasteiger partial charge in [0.1, 0.15) is 5.76 Å². The van der Waals surface area contributed by atoms with Crippen molar-refractivity contribution < 1.29 is 18.8 Å². The molecule has 25 heavy (non-hydrogen) atoms. The van der Waals surface area contributed by atoms with Crippen LogP contribution in [0.4, 0.5) is 0 Å². The fourth-order valence-electron chi connectivity index (χ4n) is 2.94. The van der Waals surface area contributed by atoms with Gasteiger partial charge in [-0.3, -0.25) is 14.8 Å². The summed E-state index contributed by atoms with van der Waals surface area (Å²) < 4.78 is 15.9. The summed E-state index contributed by atoms with van der Waals surface area (Å²) in [6.07, 6.45) is 6.54. The van der Waals surface area contributed by atoms with E-state index >= 15 is 0 Å². The van der Waals surface area contributed by atoms with E-state index in [4.69, 9.17) is 14.0 Å². The fourth-order valence-corrected chi connectivity index (χ4v) is 2.94. The third-order valence-corrected chi connectivity index (χ3v) is 4.31. The zero-order chi connectivity index (χ0) is 17.6. The standard InChI is InChI=1S/C17H22N4O4/c1-12-15(11-23-2)16(20-25-12)17(22)21-7-8-24-10-14(21)4-3-13-9-18-5-6-19-13/h5-6,9,14H,3-4,7-8,10-11H2,1-2H3/t14-/m1/s1. The number of morpholine rings is 1. The zero-order valence-electron chi connectivity index (χ0n) is 14.5. The second kappa shape index (κ2) is 8.17. The van der Waals surface area contributed by atoms with Crippen LogP contribution in [0.25, 0.3) is 0 Å². The highest BCUT2D eigenvalue weighted by atomic mass is 16.5. The first-order valence-electron chi connectivity index (χ1n) is 8.28. The fraction of sp³-hybridized carbons (Fsp3) is 0.529. The van der Waals surface area contributed by atoms with Crippen molar-refractivity contribution in [3.63, 3.8) is 0 Å². The van der Waals surface area contributed by atoms with E-state index in [0.29, 0.717) is 43.4 Å². The number of rotatable bonds is 6. The van der Waals surface area contributed by atoms with Gasteiger partial charge in [-0.05, 0) is 19.8 Å². The van der Waals surface area contributed by atoms with Gasteiger partial charge in [-0.1, -0.05) is 5.16 Å². The Bertz CT molecular complexity index is 704. The van der Waals surface area contributed by atoms with Gasteiger partial charge in [-0.25, -0.2) is 0 Å². The first kappa shape index (κ1) is 17.5. The predicted octanol–water partition coefficient (Wildman–Crippen LogP) is 1.39. The zero-order valence-corrected chi connectivity index (χ0v) is 14.5. The number of carbonyl (C=O) groups is 1. The Morgan fingerprint density at radius 1 is 1.44 bits per heavy atom. The van der Waals surface area contributed by atoms with E-state index < -0.39 is 0 Å². The molecular formula is C17H22N4O4. The molecule has 0 bridgehead atoms. The maximum absolute atomic E-state index is 13.0. The molecule has 1 atom stereocenters. The second-order valence-corrected chi connectivity index (χ2v) is 5.96. The molecule has 0 saturated carbocycles. The normalized spacial score (nSPS) is 17.7. The minimum Gasteiger partial charge on any atom is -0.380 e. The molecule has 1 amide bonds. The molecule has 0 aromatic carbocycles.